The summed E-state index contributed by atoms with van der Waals surface area (Å²) in [6.07, 6.45) is 15.9. The summed E-state index contributed by atoms with van der Waals surface area (Å²) in [6.45, 7) is 3.97. The Bertz CT molecular complexity index is 1410. The third kappa shape index (κ3) is 4.32. The van der Waals surface area contributed by atoms with Crippen LogP contribution >= 0.6 is 0 Å². The molecular weight excluding hydrogens is 496 g/mol. The average molecular weight is 530 g/mol. The number of alkyl halides is 2. The summed E-state index contributed by atoms with van der Waals surface area (Å²) in [6, 6.07) is 9.62. The molecule has 5 aliphatic rings. The van der Waals surface area contributed by atoms with Crippen molar-refractivity contribution in [1.29, 1.82) is 0 Å². The Balaban J connectivity index is 1.03. The van der Waals surface area contributed by atoms with Crippen molar-refractivity contribution in [2.24, 2.45) is 23.7 Å². The molecule has 0 bridgehead atoms. The number of nitrogens with zero attached hydrogens (tertiary/aromatic N) is 3. The second-order valence-corrected chi connectivity index (χ2v) is 11.3. The van der Waals surface area contributed by atoms with Crippen molar-refractivity contribution in [2.75, 3.05) is 39.3 Å². The molecule has 1 saturated carbocycles. The zero-order chi connectivity index (χ0) is 26.6. The Hall–Kier alpha value is -3.29. The number of aromatic nitrogens is 1. The van der Waals surface area contributed by atoms with Gasteiger partial charge in [-0.3, -0.25) is 9.88 Å². The predicted octanol–water partition coefficient (Wildman–Crippen LogP) is 4.99. The zero-order valence-corrected chi connectivity index (χ0v) is 21.8. The Morgan fingerprint density at radius 2 is 1.95 bits per heavy atom. The minimum Gasteiger partial charge on any atom is -0.490 e. The summed E-state index contributed by atoms with van der Waals surface area (Å²) in [5.74, 6) is -3.43. The molecule has 39 heavy (non-hydrogen) atoms. The first-order valence-corrected chi connectivity index (χ1v) is 14.0. The number of β-amino-alcohol motifs (C(OH)–C–C–N with tert-alkyl or cyclic N) is 1. The van der Waals surface area contributed by atoms with Gasteiger partial charge in [-0.1, -0.05) is 54.2 Å². The molecule has 1 aliphatic heterocycles. The van der Waals surface area contributed by atoms with Gasteiger partial charge in [-0.2, -0.15) is 0 Å². The molecule has 5 nitrogen and oxygen atoms in total. The predicted molar refractivity (Wildman–Crippen MR) is 147 cm³/mol. The monoisotopic (exact) mass is 529 g/mol. The quantitative estimate of drug-likeness (QED) is 0.572. The molecule has 5 atom stereocenters. The van der Waals surface area contributed by atoms with E-state index in [9.17, 15) is 5.11 Å². The number of hydrogen-bond donors (Lipinski definition) is 1. The van der Waals surface area contributed by atoms with Crippen molar-refractivity contribution in [3.63, 3.8) is 0 Å². The van der Waals surface area contributed by atoms with Crippen LogP contribution in [0, 0.1) is 23.7 Å². The van der Waals surface area contributed by atoms with Crippen LogP contribution in [0.2, 0.25) is 0 Å². The number of aliphatic hydroxyl groups is 1. The summed E-state index contributed by atoms with van der Waals surface area (Å²) >= 11 is 0. The van der Waals surface area contributed by atoms with Crippen LogP contribution in [0.1, 0.15) is 6.42 Å². The highest BCUT2D eigenvalue weighted by atomic mass is 19.3. The molecule has 2 heterocycles. The fourth-order valence-electron chi connectivity index (χ4n) is 7.10. The molecule has 1 N–H and O–H groups in total. The van der Waals surface area contributed by atoms with Gasteiger partial charge in [0.15, 0.2) is 0 Å². The summed E-state index contributed by atoms with van der Waals surface area (Å²) in [4.78, 5) is 9.06. The molecule has 4 aliphatic carbocycles. The molecule has 0 amide bonds. The van der Waals surface area contributed by atoms with E-state index in [0.29, 0.717) is 6.54 Å². The molecule has 0 radical (unpaired) electrons. The van der Waals surface area contributed by atoms with E-state index in [4.69, 9.17) is 4.74 Å². The second-order valence-electron chi connectivity index (χ2n) is 11.3. The lowest BCUT2D eigenvalue weighted by atomic mass is 9.82. The standard InChI is InChI=1S/C32H33F2N3O2/c33-32(34)29-22-7-1-3-9-24(22)31(25-10-4-2-8-23(25)30(29)32)37-17-15-36(16-18-37)19-21(38)20-39-28-13-5-12-27-26(28)11-6-14-35-27/h1-9,11-14,21-22,25,29-30,38H,10,15-20H2/t21-,22?,25?,29?,30?/m1/s1. The van der Waals surface area contributed by atoms with Crippen LogP contribution in [0.5, 0.6) is 5.75 Å². The molecule has 2 aromatic rings. The molecule has 202 valence electrons. The van der Waals surface area contributed by atoms with Gasteiger partial charge in [0.1, 0.15) is 18.5 Å². The highest BCUT2D eigenvalue weighted by molar-refractivity contribution is 5.84. The van der Waals surface area contributed by atoms with E-state index in [-0.39, 0.29) is 18.4 Å². The number of allylic oxidation sites excluding steroid dienone is 9. The first-order chi connectivity index (χ1) is 19.0. The molecule has 4 unspecified atom stereocenters. The van der Waals surface area contributed by atoms with Crippen LogP contribution in [0.3, 0.4) is 0 Å². The lowest BCUT2D eigenvalue weighted by Crippen LogP contribution is -2.50. The van der Waals surface area contributed by atoms with Gasteiger partial charge in [-0.25, -0.2) is 8.78 Å². The van der Waals surface area contributed by atoms with Crippen LogP contribution < -0.4 is 4.74 Å². The molecule has 1 saturated heterocycles. The molecule has 7 heteroatoms. The maximum Gasteiger partial charge on any atom is 0.259 e. The Morgan fingerprint density at radius 3 is 2.82 bits per heavy atom. The van der Waals surface area contributed by atoms with Crippen molar-refractivity contribution in [3.8, 4) is 5.75 Å². The third-order valence-electron chi connectivity index (χ3n) is 8.96. The smallest absolute Gasteiger partial charge is 0.259 e. The minimum absolute atomic E-state index is 0.00718. The lowest BCUT2D eigenvalue weighted by Gasteiger charge is -2.42. The van der Waals surface area contributed by atoms with Gasteiger partial charge in [-0.05, 0) is 36.3 Å². The van der Waals surface area contributed by atoms with E-state index in [1.807, 2.05) is 60.7 Å². The van der Waals surface area contributed by atoms with Crippen molar-refractivity contribution in [2.45, 2.75) is 18.4 Å². The summed E-state index contributed by atoms with van der Waals surface area (Å²) in [7, 11) is 0. The molecule has 2 fully saturated rings. The fraction of sp³-hybridized carbons (Fsp3) is 0.406. The van der Waals surface area contributed by atoms with Crippen LogP contribution in [-0.4, -0.2) is 71.2 Å². The molecule has 1 aromatic carbocycles. The first-order valence-electron chi connectivity index (χ1n) is 14.0. The zero-order valence-electron chi connectivity index (χ0n) is 21.8. The number of ether oxygens (including phenoxy) is 1. The number of halogens is 2. The van der Waals surface area contributed by atoms with E-state index in [2.05, 4.69) is 26.9 Å². The minimum atomic E-state index is -2.63. The van der Waals surface area contributed by atoms with E-state index in [1.165, 1.54) is 5.70 Å². The number of fused-ring (bicyclic) bond motifs is 6. The number of pyridine rings is 1. The Morgan fingerprint density at radius 1 is 1.08 bits per heavy atom. The van der Waals surface area contributed by atoms with Crippen molar-refractivity contribution < 1.29 is 18.6 Å². The lowest BCUT2D eigenvalue weighted by molar-refractivity contribution is 0.0498. The van der Waals surface area contributed by atoms with Crippen molar-refractivity contribution >= 4 is 10.9 Å². The third-order valence-corrected chi connectivity index (χ3v) is 8.96. The first kappa shape index (κ1) is 24.7. The maximum absolute atomic E-state index is 15.0. The van der Waals surface area contributed by atoms with Gasteiger partial charge < -0.3 is 14.7 Å². The fourth-order valence-corrected chi connectivity index (χ4v) is 7.10. The normalized spacial score (nSPS) is 29.8. The van der Waals surface area contributed by atoms with Crippen molar-refractivity contribution in [1.82, 2.24) is 14.8 Å². The van der Waals surface area contributed by atoms with Gasteiger partial charge in [0.05, 0.1) is 11.4 Å². The molecule has 1 aromatic heterocycles. The van der Waals surface area contributed by atoms with Crippen LogP contribution in [0.25, 0.3) is 10.9 Å². The van der Waals surface area contributed by atoms with E-state index < -0.39 is 23.9 Å². The topological polar surface area (TPSA) is 48.8 Å². The van der Waals surface area contributed by atoms with Crippen LogP contribution in [-0.2, 0) is 0 Å². The molecular formula is C32H33F2N3O2. The second kappa shape index (κ2) is 9.72. The van der Waals surface area contributed by atoms with Gasteiger partial charge in [0.25, 0.3) is 5.92 Å². The Labute approximate surface area is 227 Å². The van der Waals surface area contributed by atoms with Gasteiger partial charge in [0.2, 0.25) is 0 Å². The van der Waals surface area contributed by atoms with Gasteiger partial charge in [0, 0.05) is 67.8 Å². The number of benzene rings is 1. The highest BCUT2D eigenvalue weighted by Gasteiger charge is 2.73. The summed E-state index contributed by atoms with van der Waals surface area (Å²) < 4.78 is 36.0. The largest absolute Gasteiger partial charge is 0.490 e. The number of hydrogen-bond acceptors (Lipinski definition) is 5. The number of aliphatic hydroxyl groups excluding tert-OH is 1. The molecule has 7 rings (SSSR count). The van der Waals surface area contributed by atoms with Crippen LogP contribution in [0.15, 0.2) is 95.9 Å². The summed E-state index contributed by atoms with van der Waals surface area (Å²) in [5, 5.41) is 11.7. The van der Waals surface area contributed by atoms with Gasteiger partial charge in [-0.15, -0.1) is 0 Å². The molecule has 0 spiro atoms. The summed E-state index contributed by atoms with van der Waals surface area (Å²) in [5.41, 5.74) is 4.07. The Kier molecular flexibility index (Phi) is 6.16. The van der Waals surface area contributed by atoms with E-state index in [0.717, 1.165) is 60.4 Å². The van der Waals surface area contributed by atoms with Crippen molar-refractivity contribution in [3.05, 3.63) is 95.9 Å². The maximum atomic E-state index is 15.0. The number of piperazine rings is 1. The highest BCUT2D eigenvalue weighted by Crippen LogP contribution is 2.68. The van der Waals surface area contributed by atoms with E-state index >= 15 is 8.78 Å². The average Bonchev–Trinajstić information content (AvgIpc) is 3.58. The number of rotatable bonds is 6. The van der Waals surface area contributed by atoms with Gasteiger partial charge >= 0.3 is 0 Å². The van der Waals surface area contributed by atoms with E-state index in [1.54, 1.807) is 6.20 Å². The van der Waals surface area contributed by atoms with Crippen LogP contribution in [0.4, 0.5) is 8.78 Å². The SMILES string of the molecule is O[C@@H](COc1cccc2ncccc12)CN1CCN(C2=C3C=CC=CC3C3C(C4=CC=CCC42)C3(F)F)CC1.